The number of sulfonamides is 1. The van der Waals surface area contributed by atoms with E-state index < -0.39 is 15.9 Å². The molecule has 0 saturated carbocycles. The second-order valence-electron chi connectivity index (χ2n) is 9.65. The highest BCUT2D eigenvalue weighted by atomic mass is 32.2. The Hall–Kier alpha value is -3.49. The number of carbonyl (C=O) groups is 1. The minimum atomic E-state index is -3.96. The van der Waals surface area contributed by atoms with Crippen molar-refractivity contribution in [3.8, 4) is 0 Å². The van der Waals surface area contributed by atoms with Gasteiger partial charge in [-0.05, 0) is 61.7 Å². The molecule has 0 unspecified atom stereocenters. The number of hydrogen-bond acceptors (Lipinski definition) is 5. The third-order valence-electron chi connectivity index (χ3n) is 6.41. The number of hydrogen-bond donors (Lipinski definition) is 1. The van der Waals surface area contributed by atoms with Crippen molar-refractivity contribution in [1.29, 1.82) is 0 Å². The van der Waals surface area contributed by atoms with Gasteiger partial charge >= 0.3 is 0 Å². The quantitative estimate of drug-likeness (QED) is 0.443. The maximum Gasteiger partial charge on any atom is 0.264 e. The van der Waals surface area contributed by atoms with Crippen molar-refractivity contribution >= 4 is 27.3 Å². The summed E-state index contributed by atoms with van der Waals surface area (Å²) in [6.07, 6.45) is 1.52. The summed E-state index contributed by atoms with van der Waals surface area (Å²) in [5.74, 6) is -0.478. The van der Waals surface area contributed by atoms with Gasteiger partial charge in [0, 0.05) is 38.2 Å². The standard InChI is InChI=1S/C29H34N4O3S/c1-22-9-11-28(12-10-22)37(35,36)33(27-18-23(2)17-24(3)19-27)21-29(34)31-30-26-13-15-32(16-14-26)20-25-7-5-4-6-8-25/h4-12,17-19H,13-16,20-21H2,1-3H3,(H,31,34). The molecule has 0 aromatic heterocycles. The van der Waals surface area contributed by atoms with Crippen molar-refractivity contribution in [2.45, 2.75) is 45.1 Å². The Morgan fingerprint density at radius 1 is 0.892 bits per heavy atom. The lowest BCUT2D eigenvalue weighted by atomic mass is 10.1. The lowest BCUT2D eigenvalue weighted by Gasteiger charge is -2.27. The minimum absolute atomic E-state index is 0.141. The number of piperidine rings is 1. The number of anilines is 1. The summed E-state index contributed by atoms with van der Waals surface area (Å²) >= 11 is 0. The molecule has 7 nitrogen and oxygen atoms in total. The first-order valence-corrected chi connectivity index (χ1v) is 13.9. The van der Waals surface area contributed by atoms with E-state index in [1.807, 2.05) is 45.0 Å². The number of carbonyl (C=O) groups excluding carboxylic acids is 1. The van der Waals surface area contributed by atoms with Crippen LogP contribution in [0.2, 0.25) is 0 Å². The molecule has 194 valence electrons. The topological polar surface area (TPSA) is 82.1 Å². The van der Waals surface area contributed by atoms with Crippen LogP contribution in [-0.4, -0.2) is 44.6 Å². The summed E-state index contributed by atoms with van der Waals surface area (Å²) in [5.41, 5.74) is 8.04. The molecule has 1 saturated heterocycles. The first kappa shape index (κ1) is 26.6. The van der Waals surface area contributed by atoms with Crippen molar-refractivity contribution in [3.63, 3.8) is 0 Å². The Morgan fingerprint density at radius 2 is 1.51 bits per heavy atom. The van der Waals surface area contributed by atoms with Crippen LogP contribution >= 0.6 is 0 Å². The Labute approximate surface area is 219 Å². The lowest BCUT2D eigenvalue weighted by Crippen LogP contribution is -2.40. The number of rotatable bonds is 8. The van der Waals surface area contributed by atoms with Gasteiger partial charge < -0.3 is 0 Å². The van der Waals surface area contributed by atoms with Gasteiger partial charge in [0.1, 0.15) is 6.54 Å². The third kappa shape index (κ3) is 7.05. The molecule has 1 N–H and O–H groups in total. The summed E-state index contributed by atoms with van der Waals surface area (Å²) in [5, 5.41) is 4.34. The third-order valence-corrected chi connectivity index (χ3v) is 8.20. The van der Waals surface area contributed by atoms with Crippen LogP contribution in [0.15, 0.2) is 82.8 Å². The van der Waals surface area contributed by atoms with Gasteiger partial charge in [0.2, 0.25) is 0 Å². The summed E-state index contributed by atoms with van der Waals surface area (Å²) in [6, 6.07) is 22.5. The Balaban J connectivity index is 1.45. The number of hydrazone groups is 1. The van der Waals surface area contributed by atoms with Gasteiger partial charge in [0.05, 0.1) is 10.6 Å². The molecule has 0 spiro atoms. The van der Waals surface area contributed by atoms with E-state index in [4.69, 9.17) is 0 Å². The van der Waals surface area contributed by atoms with Crippen LogP contribution in [0, 0.1) is 20.8 Å². The maximum absolute atomic E-state index is 13.6. The summed E-state index contributed by atoms with van der Waals surface area (Å²) in [4.78, 5) is 15.5. The van der Waals surface area contributed by atoms with Gasteiger partial charge in [0.25, 0.3) is 15.9 Å². The fraction of sp³-hybridized carbons (Fsp3) is 0.310. The number of aryl methyl sites for hydroxylation is 3. The molecule has 1 amide bonds. The average molecular weight is 519 g/mol. The van der Waals surface area contributed by atoms with E-state index in [2.05, 4.69) is 27.6 Å². The van der Waals surface area contributed by atoms with Crippen LogP contribution in [-0.2, 0) is 21.4 Å². The predicted octanol–water partition coefficient (Wildman–Crippen LogP) is 4.58. The van der Waals surface area contributed by atoms with Gasteiger partial charge in [-0.15, -0.1) is 0 Å². The number of benzene rings is 3. The molecule has 3 aromatic rings. The van der Waals surface area contributed by atoms with Crippen LogP contribution < -0.4 is 9.73 Å². The molecule has 1 fully saturated rings. The largest absolute Gasteiger partial charge is 0.298 e. The van der Waals surface area contributed by atoms with Gasteiger partial charge in [-0.2, -0.15) is 5.10 Å². The van der Waals surface area contributed by atoms with E-state index in [1.54, 1.807) is 36.4 Å². The van der Waals surface area contributed by atoms with Crippen LogP contribution in [0.5, 0.6) is 0 Å². The van der Waals surface area contributed by atoms with Crippen molar-refractivity contribution in [1.82, 2.24) is 10.3 Å². The normalized spacial score (nSPS) is 14.3. The molecule has 8 heteroatoms. The van der Waals surface area contributed by atoms with E-state index in [9.17, 15) is 13.2 Å². The fourth-order valence-corrected chi connectivity index (χ4v) is 5.88. The second kappa shape index (κ2) is 11.7. The van der Waals surface area contributed by atoms with E-state index in [0.717, 1.165) is 59.2 Å². The molecule has 37 heavy (non-hydrogen) atoms. The van der Waals surface area contributed by atoms with E-state index in [0.29, 0.717) is 5.69 Å². The van der Waals surface area contributed by atoms with Gasteiger partial charge in [-0.3, -0.25) is 14.0 Å². The van der Waals surface area contributed by atoms with Crippen molar-refractivity contribution in [2.75, 3.05) is 23.9 Å². The van der Waals surface area contributed by atoms with Crippen LogP contribution in [0.25, 0.3) is 0 Å². The molecule has 1 aliphatic heterocycles. The number of nitrogens with one attached hydrogen (secondary N) is 1. The molecule has 0 atom stereocenters. The van der Waals surface area contributed by atoms with Crippen LogP contribution in [0.3, 0.4) is 0 Å². The Morgan fingerprint density at radius 3 is 2.14 bits per heavy atom. The zero-order valence-corrected chi connectivity index (χ0v) is 22.5. The molecule has 0 radical (unpaired) electrons. The SMILES string of the molecule is Cc1ccc(S(=O)(=O)N(CC(=O)NN=C2CCN(Cc3ccccc3)CC2)c2cc(C)cc(C)c2)cc1. The number of nitrogens with zero attached hydrogens (tertiary/aromatic N) is 3. The summed E-state index contributed by atoms with van der Waals surface area (Å²) < 4.78 is 28.4. The summed E-state index contributed by atoms with van der Waals surface area (Å²) in [7, 11) is -3.96. The van der Waals surface area contributed by atoms with E-state index in [1.165, 1.54) is 5.56 Å². The number of likely N-dealkylation sites (tertiary alicyclic amines) is 1. The lowest BCUT2D eigenvalue weighted by molar-refractivity contribution is -0.119. The highest BCUT2D eigenvalue weighted by molar-refractivity contribution is 7.92. The average Bonchev–Trinajstić information content (AvgIpc) is 2.87. The first-order chi connectivity index (χ1) is 17.7. The monoisotopic (exact) mass is 518 g/mol. The molecule has 0 aliphatic carbocycles. The fourth-order valence-electron chi connectivity index (χ4n) is 4.48. The molecule has 0 bridgehead atoms. The van der Waals surface area contributed by atoms with Crippen LogP contribution in [0.4, 0.5) is 5.69 Å². The predicted molar refractivity (Wildman–Crippen MR) is 148 cm³/mol. The Kier molecular flexibility index (Phi) is 8.41. The van der Waals surface area contributed by atoms with E-state index >= 15 is 0 Å². The van der Waals surface area contributed by atoms with Crippen molar-refractivity contribution in [3.05, 3.63) is 95.1 Å². The van der Waals surface area contributed by atoms with Gasteiger partial charge in [0.15, 0.2) is 0 Å². The summed E-state index contributed by atoms with van der Waals surface area (Å²) in [6.45, 7) is 7.96. The van der Waals surface area contributed by atoms with Gasteiger partial charge in [-0.1, -0.05) is 54.1 Å². The minimum Gasteiger partial charge on any atom is -0.298 e. The zero-order valence-electron chi connectivity index (χ0n) is 21.6. The zero-order chi connectivity index (χ0) is 26.4. The smallest absolute Gasteiger partial charge is 0.264 e. The highest BCUT2D eigenvalue weighted by Gasteiger charge is 2.27. The molecule has 3 aromatic carbocycles. The molecule has 4 rings (SSSR count). The van der Waals surface area contributed by atoms with Gasteiger partial charge in [-0.25, -0.2) is 13.8 Å². The number of amides is 1. The second-order valence-corrected chi connectivity index (χ2v) is 11.5. The molecular formula is C29H34N4O3S. The Bertz CT molecular complexity index is 1340. The highest BCUT2D eigenvalue weighted by Crippen LogP contribution is 2.26. The maximum atomic E-state index is 13.6. The first-order valence-electron chi connectivity index (χ1n) is 12.5. The molecule has 1 aliphatic rings. The van der Waals surface area contributed by atoms with Crippen LogP contribution in [0.1, 0.15) is 35.1 Å². The van der Waals surface area contributed by atoms with E-state index in [-0.39, 0.29) is 11.4 Å². The van der Waals surface area contributed by atoms with Crippen molar-refractivity contribution < 1.29 is 13.2 Å². The molecular weight excluding hydrogens is 484 g/mol. The molecule has 1 heterocycles. The van der Waals surface area contributed by atoms with Crippen molar-refractivity contribution in [2.24, 2.45) is 5.10 Å².